The Morgan fingerprint density at radius 1 is 1.43 bits per heavy atom. The van der Waals surface area contributed by atoms with Gasteiger partial charge in [0.1, 0.15) is 17.8 Å². The molecule has 0 saturated carbocycles. The monoisotopic (exact) mass is 290 g/mol. The largest absolute Gasteiger partial charge is 0.394 e. The van der Waals surface area contributed by atoms with Crippen molar-refractivity contribution in [3.05, 3.63) is 18.7 Å². The van der Waals surface area contributed by atoms with Crippen LogP contribution in [-0.2, 0) is 4.74 Å². The minimum Gasteiger partial charge on any atom is -0.394 e. The molecule has 0 aliphatic carbocycles. The first-order chi connectivity index (χ1) is 10.2. The maximum atomic E-state index is 9.88. The molecule has 1 aliphatic heterocycles. The molecule has 9 heteroatoms. The SMILES string of the molecule is Nc1nc2nccn2c2c1ncn2C1CC(O)C(CO)O1. The molecule has 1 fully saturated rings. The van der Waals surface area contributed by atoms with Crippen LogP contribution in [0.5, 0.6) is 0 Å². The van der Waals surface area contributed by atoms with Gasteiger partial charge in [0.25, 0.3) is 0 Å². The van der Waals surface area contributed by atoms with Gasteiger partial charge in [0.2, 0.25) is 5.78 Å². The number of rotatable bonds is 2. The molecule has 9 nitrogen and oxygen atoms in total. The normalized spacial score (nSPS) is 26.1. The van der Waals surface area contributed by atoms with Crippen LogP contribution in [0.15, 0.2) is 18.7 Å². The fourth-order valence-corrected chi connectivity index (χ4v) is 2.74. The maximum absolute atomic E-state index is 9.88. The average Bonchev–Trinajstić information content (AvgIpc) is 3.14. The van der Waals surface area contributed by atoms with Crippen LogP contribution in [0.4, 0.5) is 5.82 Å². The summed E-state index contributed by atoms with van der Waals surface area (Å²) in [6.45, 7) is -0.228. The molecule has 3 aromatic heterocycles. The molecule has 3 atom stereocenters. The Morgan fingerprint density at radius 2 is 2.29 bits per heavy atom. The van der Waals surface area contributed by atoms with Crippen LogP contribution >= 0.6 is 0 Å². The van der Waals surface area contributed by atoms with Crippen LogP contribution in [0.25, 0.3) is 16.9 Å². The summed E-state index contributed by atoms with van der Waals surface area (Å²) in [6.07, 6.45) is 3.62. The third-order valence-corrected chi connectivity index (χ3v) is 3.77. The molecule has 0 aromatic carbocycles. The van der Waals surface area contributed by atoms with E-state index in [4.69, 9.17) is 10.5 Å². The number of hydrogen-bond acceptors (Lipinski definition) is 7. The Labute approximate surface area is 118 Å². The number of anilines is 1. The van der Waals surface area contributed by atoms with E-state index in [-0.39, 0.29) is 6.61 Å². The third-order valence-electron chi connectivity index (χ3n) is 3.77. The molecule has 4 rings (SSSR count). The molecule has 4 N–H and O–H groups in total. The number of nitrogens with two attached hydrogens (primary N) is 1. The smallest absolute Gasteiger partial charge is 0.237 e. The van der Waals surface area contributed by atoms with Crippen molar-refractivity contribution in [2.75, 3.05) is 12.3 Å². The first-order valence-electron chi connectivity index (χ1n) is 6.58. The molecule has 1 saturated heterocycles. The molecule has 110 valence electrons. The Hall–Kier alpha value is -2.23. The summed E-state index contributed by atoms with van der Waals surface area (Å²) in [7, 11) is 0. The Morgan fingerprint density at radius 3 is 3.05 bits per heavy atom. The van der Waals surface area contributed by atoms with Gasteiger partial charge in [-0.2, -0.15) is 4.98 Å². The van der Waals surface area contributed by atoms with Crippen molar-refractivity contribution < 1.29 is 14.9 Å². The van der Waals surface area contributed by atoms with Crippen LogP contribution in [0, 0.1) is 0 Å². The number of hydrogen-bond donors (Lipinski definition) is 3. The highest BCUT2D eigenvalue weighted by atomic mass is 16.5. The molecule has 4 heterocycles. The van der Waals surface area contributed by atoms with Gasteiger partial charge in [-0.1, -0.05) is 0 Å². The molecule has 0 bridgehead atoms. The fraction of sp³-hybridized carbons (Fsp3) is 0.417. The van der Waals surface area contributed by atoms with Gasteiger partial charge in [-0.05, 0) is 0 Å². The molecular weight excluding hydrogens is 276 g/mol. The number of aliphatic hydroxyl groups excluding tert-OH is 2. The van der Waals surface area contributed by atoms with E-state index in [9.17, 15) is 10.2 Å². The molecule has 21 heavy (non-hydrogen) atoms. The van der Waals surface area contributed by atoms with Gasteiger partial charge >= 0.3 is 0 Å². The minimum absolute atomic E-state index is 0.228. The summed E-state index contributed by atoms with van der Waals surface area (Å²) < 4.78 is 9.21. The lowest BCUT2D eigenvalue weighted by Crippen LogP contribution is -2.24. The zero-order valence-electron chi connectivity index (χ0n) is 11.0. The summed E-state index contributed by atoms with van der Waals surface area (Å²) >= 11 is 0. The Kier molecular flexibility index (Phi) is 2.61. The lowest BCUT2D eigenvalue weighted by molar-refractivity contribution is -0.0432. The molecule has 3 aromatic rings. The van der Waals surface area contributed by atoms with E-state index in [1.807, 2.05) is 0 Å². The zero-order valence-corrected chi connectivity index (χ0v) is 11.0. The molecule has 3 unspecified atom stereocenters. The molecule has 0 spiro atoms. The van der Waals surface area contributed by atoms with Crippen LogP contribution < -0.4 is 5.73 Å². The highest BCUT2D eigenvalue weighted by molar-refractivity contribution is 5.84. The predicted molar refractivity (Wildman–Crippen MR) is 72.3 cm³/mol. The van der Waals surface area contributed by atoms with Gasteiger partial charge in [0.15, 0.2) is 11.5 Å². The van der Waals surface area contributed by atoms with E-state index >= 15 is 0 Å². The minimum atomic E-state index is -0.713. The van der Waals surface area contributed by atoms with Crippen molar-refractivity contribution in [2.24, 2.45) is 0 Å². The van der Waals surface area contributed by atoms with Crippen molar-refractivity contribution in [1.82, 2.24) is 23.9 Å². The number of aromatic nitrogens is 5. The first-order valence-corrected chi connectivity index (χ1v) is 6.58. The van der Waals surface area contributed by atoms with E-state index < -0.39 is 18.4 Å². The van der Waals surface area contributed by atoms with Crippen molar-refractivity contribution in [2.45, 2.75) is 24.9 Å². The average molecular weight is 290 g/mol. The number of nitrogens with zero attached hydrogens (tertiary/aromatic N) is 5. The summed E-state index contributed by atoms with van der Waals surface area (Å²) in [6, 6.07) is 0. The quantitative estimate of drug-likeness (QED) is 0.570. The van der Waals surface area contributed by atoms with Crippen LogP contribution in [0.1, 0.15) is 12.6 Å². The molecular formula is C12H14N6O3. The van der Waals surface area contributed by atoms with E-state index in [1.54, 1.807) is 27.7 Å². The summed E-state index contributed by atoms with van der Waals surface area (Å²) in [5.41, 5.74) is 7.15. The van der Waals surface area contributed by atoms with Gasteiger partial charge in [-0.3, -0.25) is 8.97 Å². The van der Waals surface area contributed by atoms with Crippen molar-refractivity contribution in [1.29, 1.82) is 0 Å². The number of imidazole rings is 2. The van der Waals surface area contributed by atoms with E-state index in [0.29, 0.717) is 29.2 Å². The predicted octanol–water partition coefficient (Wildman–Crippen LogP) is -0.698. The van der Waals surface area contributed by atoms with Crippen molar-refractivity contribution in [3.8, 4) is 0 Å². The molecule has 1 aliphatic rings. The van der Waals surface area contributed by atoms with Gasteiger partial charge in [0, 0.05) is 18.8 Å². The maximum Gasteiger partial charge on any atom is 0.237 e. The summed E-state index contributed by atoms with van der Waals surface area (Å²) in [5.74, 6) is 0.763. The standard InChI is InChI=1S/C12H14N6O3/c13-10-9-11(17-2-1-14-12(17)16-10)18(5-15-9)8-3-6(20)7(4-19)21-8/h1-2,5-8,19-20H,3-4H2,(H2,13,14,16). The third kappa shape index (κ3) is 1.71. The second kappa shape index (κ2) is 4.38. The zero-order chi connectivity index (χ0) is 14.6. The first kappa shape index (κ1) is 12.5. The number of ether oxygens (including phenoxy) is 1. The van der Waals surface area contributed by atoms with E-state index in [2.05, 4.69) is 15.0 Å². The highest BCUT2D eigenvalue weighted by Gasteiger charge is 2.35. The Balaban J connectivity index is 1.90. The van der Waals surface area contributed by atoms with Gasteiger partial charge in [-0.15, -0.1) is 0 Å². The number of fused-ring (bicyclic) bond motifs is 3. The molecule has 0 amide bonds. The highest BCUT2D eigenvalue weighted by Crippen LogP contribution is 2.32. The summed E-state index contributed by atoms with van der Waals surface area (Å²) in [4.78, 5) is 12.6. The second-order valence-corrected chi connectivity index (χ2v) is 5.03. The van der Waals surface area contributed by atoms with Crippen LogP contribution in [0.3, 0.4) is 0 Å². The van der Waals surface area contributed by atoms with Crippen molar-refractivity contribution in [3.63, 3.8) is 0 Å². The summed E-state index contributed by atoms with van der Waals surface area (Å²) in [5, 5.41) is 19.1. The lowest BCUT2D eigenvalue weighted by Gasteiger charge is -2.14. The fourth-order valence-electron chi connectivity index (χ4n) is 2.74. The molecule has 0 radical (unpaired) electrons. The van der Waals surface area contributed by atoms with Gasteiger partial charge < -0.3 is 20.7 Å². The van der Waals surface area contributed by atoms with Gasteiger partial charge in [-0.25, -0.2) is 9.97 Å². The lowest BCUT2D eigenvalue weighted by atomic mass is 10.2. The van der Waals surface area contributed by atoms with Crippen LogP contribution in [0.2, 0.25) is 0 Å². The van der Waals surface area contributed by atoms with E-state index in [1.165, 1.54) is 0 Å². The topological polar surface area (TPSA) is 124 Å². The van der Waals surface area contributed by atoms with Crippen LogP contribution in [-0.4, -0.2) is 52.9 Å². The number of nitrogen functional groups attached to an aromatic ring is 1. The number of aliphatic hydroxyl groups is 2. The van der Waals surface area contributed by atoms with E-state index in [0.717, 1.165) is 0 Å². The Bertz CT molecular complexity index is 812. The van der Waals surface area contributed by atoms with Gasteiger partial charge in [0.05, 0.1) is 19.0 Å². The van der Waals surface area contributed by atoms with Crippen molar-refractivity contribution >= 4 is 22.8 Å². The second-order valence-electron chi connectivity index (χ2n) is 5.03.